The second kappa shape index (κ2) is 3.37. The van der Waals surface area contributed by atoms with E-state index in [1.165, 1.54) is 12.1 Å². The summed E-state index contributed by atoms with van der Waals surface area (Å²) in [5.74, 6) is -0.314. The SMILES string of the molecule is CC(O)c1c[nH]c2c(Br)cc(F)cc12. The van der Waals surface area contributed by atoms with E-state index >= 15 is 0 Å². The molecule has 0 saturated heterocycles. The summed E-state index contributed by atoms with van der Waals surface area (Å²) in [5.41, 5.74) is 1.52. The van der Waals surface area contributed by atoms with Crippen LogP contribution in [-0.4, -0.2) is 10.1 Å². The molecule has 0 spiro atoms. The first kappa shape index (κ1) is 9.68. The van der Waals surface area contributed by atoms with E-state index < -0.39 is 6.10 Å². The zero-order valence-corrected chi connectivity index (χ0v) is 9.10. The lowest BCUT2D eigenvalue weighted by molar-refractivity contribution is 0.201. The molecular weight excluding hydrogens is 249 g/mol. The molecule has 2 nitrogen and oxygen atoms in total. The van der Waals surface area contributed by atoms with Crippen molar-refractivity contribution in [2.75, 3.05) is 0 Å². The minimum atomic E-state index is -0.600. The van der Waals surface area contributed by atoms with Crippen molar-refractivity contribution in [3.8, 4) is 0 Å². The van der Waals surface area contributed by atoms with Crippen LogP contribution in [0.3, 0.4) is 0 Å². The molecule has 0 aliphatic rings. The molecule has 1 unspecified atom stereocenters. The number of halogens is 2. The van der Waals surface area contributed by atoms with Gasteiger partial charge in [-0.3, -0.25) is 0 Å². The number of rotatable bonds is 1. The molecule has 1 atom stereocenters. The number of aromatic nitrogens is 1. The molecule has 2 aromatic rings. The van der Waals surface area contributed by atoms with Gasteiger partial charge in [0.1, 0.15) is 5.82 Å². The molecule has 0 amide bonds. The van der Waals surface area contributed by atoms with Crippen molar-refractivity contribution in [1.82, 2.24) is 4.98 Å². The molecule has 2 rings (SSSR count). The van der Waals surface area contributed by atoms with Gasteiger partial charge >= 0.3 is 0 Å². The normalized spacial score (nSPS) is 13.4. The van der Waals surface area contributed by atoms with E-state index in [-0.39, 0.29) is 5.82 Å². The van der Waals surface area contributed by atoms with Gasteiger partial charge in [-0.2, -0.15) is 0 Å². The number of aliphatic hydroxyl groups excluding tert-OH is 1. The van der Waals surface area contributed by atoms with Crippen molar-refractivity contribution in [2.24, 2.45) is 0 Å². The second-order valence-electron chi connectivity index (χ2n) is 3.23. The smallest absolute Gasteiger partial charge is 0.125 e. The van der Waals surface area contributed by atoms with Crippen LogP contribution < -0.4 is 0 Å². The minimum absolute atomic E-state index is 0.314. The third kappa shape index (κ3) is 1.44. The Balaban J connectivity index is 2.78. The Morgan fingerprint density at radius 1 is 1.50 bits per heavy atom. The highest BCUT2D eigenvalue weighted by molar-refractivity contribution is 9.10. The van der Waals surface area contributed by atoms with Gasteiger partial charge in [0.2, 0.25) is 0 Å². The molecule has 4 heteroatoms. The van der Waals surface area contributed by atoms with Crippen LogP contribution in [0.1, 0.15) is 18.6 Å². The van der Waals surface area contributed by atoms with Gasteiger partial charge in [-0.25, -0.2) is 4.39 Å². The molecule has 0 aliphatic heterocycles. The Morgan fingerprint density at radius 2 is 2.21 bits per heavy atom. The van der Waals surface area contributed by atoms with Crippen LogP contribution in [0.5, 0.6) is 0 Å². The van der Waals surface area contributed by atoms with Crippen LogP contribution in [0.25, 0.3) is 10.9 Å². The fourth-order valence-electron chi connectivity index (χ4n) is 1.52. The topological polar surface area (TPSA) is 36.0 Å². The number of hydrogen-bond donors (Lipinski definition) is 2. The quantitative estimate of drug-likeness (QED) is 0.809. The number of aromatic amines is 1. The molecule has 1 aromatic carbocycles. The zero-order valence-electron chi connectivity index (χ0n) is 7.51. The van der Waals surface area contributed by atoms with Gasteiger partial charge < -0.3 is 10.1 Å². The Hall–Kier alpha value is -0.870. The van der Waals surface area contributed by atoms with Crippen molar-refractivity contribution < 1.29 is 9.50 Å². The molecule has 2 N–H and O–H groups in total. The third-order valence-electron chi connectivity index (χ3n) is 2.19. The number of aliphatic hydroxyl groups is 1. The van der Waals surface area contributed by atoms with Gasteiger partial charge in [0.15, 0.2) is 0 Å². The van der Waals surface area contributed by atoms with Crippen molar-refractivity contribution in [3.63, 3.8) is 0 Å². The van der Waals surface area contributed by atoms with Gasteiger partial charge in [0, 0.05) is 21.6 Å². The van der Waals surface area contributed by atoms with Gasteiger partial charge in [-0.15, -0.1) is 0 Å². The highest BCUT2D eigenvalue weighted by Gasteiger charge is 2.11. The molecule has 0 bridgehead atoms. The number of hydrogen-bond acceptors (Lipinski definition) is 1. The maximum atomic E-state index is 13.1. The molecule has 0 radical (unpaired) electrons. The van der Waals surface area contributed by atoms with E-state index in [4.69, 9.17) is 0 Å². The fourth-order valence-corrected chi connectivity index (χ4v) is 2.07. The fraction of sp³-hybridized carbons (Fsp3) is 0.200. The van der Waals surface area contributed by atoms with Crippen molar-refractivity contribution in [1.29, 1.82) is 0 Å². The minimum Gasteiger partial charge on any atom is -0.389 e. The van der Waals surface area contributed by atoms with E-state index in [2.05, 4.69) is 20.9 Å². The maximum absolute atomic E-state index is 13.1. The molecule has 14 heavy (non-hydrogen) atoms. The van der Waals surface area contributed by atoms with Gasteiger partial charge in [-0.1, -0.05) is 0 Å². The first-order chi connectivity index (χ1) is 6.59. The summed E-state index contributed by atoms with van der Waals surface area (Å²) >= 11 is 3.26. The largest absolute Gasteiger partial charge is 0.389 e. The summed E-state index contributed by atoms with van der Waals surface area (Å²) in [6, 6.07) is 2.81. The number of fused-ring (bicyclic) bond motifs is 1. The summed E-state index contributed by atoms with van der Waals surface area (Å²) in [6.45, 7) is 1.65. The van der Waals surface area contributed by atoms with Crippen LogP contribution in [-0.2, 0) is 0 Å². The Bertz CT molecular complexity index is 478. The van der Waals surface area contributed by atoms with E-state index in [0.29, 0.717) is 15.4 Å². The van der Waals surface area contributed by atoms with E-state index in [0.717, 1.165) is 5.52 Å². The monoisotopic (exact) mass is 257 g/mol. The predicted molar refractivity (Wildman–Crippen MR) is 56.6 cm³/mol. The Labute approximate surface area is 88.9 Å². The lowest BCUT2D eigenvalue weighted by Gasteiger charge is -2.02. The second-order valence-corrected chi connectivity index (χ2v) is 4.08. The molecule has 1 heterocycles. The first-order valence-electron chi connectivity index (χ1n) is 4.23. The molecule has 0 saturated carbocycles. The van der Waals surface area contributed by atoms with Crippen LogP contribution in [0.2, 0.25) is 0 Å². The summed E-state index contributed by atoms with van der Waals surface area (Å²) in [6.07, 6.45) is 1.09. The van der Waals surface area contributed by atoms with Crippen LogP contribution >= 0.6 is 15.9 Å². The van der Waals surface area contributed by atoms with Crippen LogP contribution in [0.4, 0.5) is 4.39 Å². The standard InChI is InChI=1S/C10H9BrFNO/c1-5(14)8-4-13-10-7(8)2-6(12)3-9(10)11/h2-5,13-14H,1H3. The Kier molecular flexibility index (Phi) is 2.33. The van der Waals surface area contributed by atoms with E-state index in [1.807, 2.05) is 0 Å². The van der Waals surface area contributed by atoms with Gasteiger partial charge in [0.05, 0.1) is 11.6 Å². The first-order valence-corrected chi connectivity index (χ1v) is 5.03. The molecule has 0 aliphatic carbocycles. The van der Waals surface area contributed by atoms with Crippen molar-refractivity contribution in [2.45, 2.75) is 13.0 Å². The average Bonchev–Trinajstić information content (AvgIpc) is 2.47. The van der Waals surface area contributed by atoms with Crippen LogP contribution in [0, 0.1) is 5.82 Å². The van der Waals surface area contributed by atoms with Crippen molar-refractivity contribution >= 4 is 26.8 Å². The summed E-state index contributed by atoms with van der Waals surface area (Å²) in [5, 5.41) is 10.1. The summed E-state index contributed by atoms with van der Waals surface area (Å²) in [7, 11) is 0. The Morgan fingerprint density at radius 3 is 2.86 bits per heavy atom. The van der Waals surface area contributed by atoms with Crippen LogP contribution in [0.15, 0.2) is 22.8 Å². The van der Waals surface area contributed by atoms with Gasteiger partial charge in [0.25, 0.3) is 0 Å². The number of nitrogens with one attached hydrogen (secondary N) is 1. The maximum Gasteiger partial charge on any atom is 0.125 e. The average molecular weight is 258 g/mol. The van der Waals surface area contributed by atoms with E-state index in [1.54, 1.807) is 13.1 Å². The third-order valence-corrected chi connectivity index (χ3v) is 2.81. The lowest BCUT2D eigenvalue weighted by atomic mass is 10.1. The highest BCUT2D eigenvalue weighted by atomic mass is 79.9. The predicted octanol–water partition coefficient (Wildman–Crippen LogP) is 3.12. The molecule has 74 valence electrons. The molecule has 0 fully saturated rings. The molecular formula is C10H9BrFNO. The summed E-state index contributed by atoms with van der Waals surface area (Å²) < 4.78 is 13.8. The molecule has 1 aromatic heterocycles. The number of H-pyrrole nitrogens is 1. The highest BCUT2D eigenvalue weighted by Crippen LogP contribution is 2.30. The van der Waals surface area contributed by atoms with Gasteiger partial charge in [-0.05, 0) is 35.0 Å². The zero-order chi connectivity index (χ0) is 10.3. The van der Waals surface area contributed by atoms with E-state index in [9.17, 15) is 9.50 Å². The summed E-state index contributed by atoms with van der Waals surface area (Å²) in [4.78, 5) is 2.99. The van der Waals surface area contributed by atoms with Crippen molar-refractivity contribution in [3.05, 3.63) is 34.2 Å². The number of benzene rings is 1. The lowest BCUT2D eigenvalue weighted by Crippen LogP contribution is -1.88.